The van der Waals surface area contributed by atoms with Gasteiger partial charge in [0.1, 0.15) is 5.69 Å². The molecule has 2 heterocycles. The van der Waals surface area contributed by atoms with Gasteiger partial charge in [0.15, 0.2) is 5.78 Å². The molecule has 2 aromatic heterocycles. The summed E-state index contributed by atoms with van der Waals surface area (Å²) in [5.74, 6) is 0.0504. The topological polar surface area (TPSA) is 52.7 Å². The molecule has 102 valence electrons. The molecule has 0 amide bonds. The van der Waals surface area contributed by atoms with E-state index in [1.54, 1.807) is 16.4 Å². The molecule has 0 bridgehead atoms. The van der Waals surface area contributed by atoms with Crippen molar-refractivity contribution in [3.63, 3.8) is 0 Å². The third kappa shape index (κ3) is 2.63. The van der Waals surface area contributed by atoms with Crippen LogP contribution >= 0.6 is 15.9 Å². The van der Waals surface area contributed by atoms with Gasteiger partial charge in [-0.15, -0.1) is 0 Å². The van der Waals surface area contributed by atoms with E-state index in [0.29, 0.717) is 12.1 Å². The molecular weight excluding hydrogens is 308 g/mol. The normalized spacial score (nSPS) is 11.0. The summed E-state index contributed by atoms with van der Waals surface area (Å²) >= 11 is 3.53. The molecular formula is C13H17BrN4O. The fraction of sp³-hybridized carbons (Fsp3) is 0.462. The van der Waals surface area contributed by atoms with Crippen molar-refractivity contribution in [1.29, 1.82) is 0 Å². The molecule has 0 radical (unpaired) electrons. The summed E-state index contributed by atoms with van der Waals surface area (Å²) in [4.78, 5) is 12.3. The van der Waals surface area contributed by atoms with E-state index >= 15 is 0 Å². The van der Waals surface area contributed by atoms with Crippen LogP contribution in [0.4, 0.5) is 0 Å². The molecule has 0 aliphatic carbocycles. The molecule has 0 unspecified atom stereocenters. The van der Waals surface area contributed by atoms with Gasteiger partial charge in [-0.2, -0.15) is 10.2 Å². The van der Waals surface area contributed by atoms with E-state index in [4.69, 9.17) is 0 Å². The minimum atomic E-state index is 0.0504. The van der Waals surface area contributed by atoms with Crippen LogP contribution in [0.2, 0.25) is 0 Å². The van der Waals surface area contributed by atoms with Crippen LogP contribution in [0.1, 0.15) is 34.5 Å². The number of hydrogen-bond donors (Lipinski definition) is 0. The maximum atomic E-state index is 12.3. The largest absolute Gasteiger partial charge is 0.292 e. The predicted molar refractivity (Wildman–Crippen MR) is 76.3 cm³/mol. The molecule has 19 heavy (non-hydrogen) atoms. The van der Waals surface area contributed by atoms with Crippen LogP contribution in [0.25, 0.3) is 0 Å². The van der Waals surface area contributed by atoms with Crippen LogP contribution < -0.4 is 0 Å². The highest BCUT2D eigenvalue weighted by Crippen LogP contribution is 2.23. The quantitative estimate of drug-likeness (QED) is 0.810. The minimum absolute atomic E-state index is 0.0504. The molecule has 0 atom stereocenters. The third-order valence-corrected chi connectivity index (χ3v) is 4.03. The monoisotopic (exact) mass is 324 g/mol. The Hall–Kier alpha value is -1.43. The number of hydrogen-bond acceptors (Lipinski definition) is 3. The van der Waals surface area contributed by atoms with Gasteiger partial charge in [-0.3, -0.25) is 14.2 Å². The SMILES string of the molecule is CCc1nn(C)c(CC(=O)c2cc(C)nn2C)c1Br. The fourth-order valence-corrected chi connectivity index (χ4v) is 2.88. The Bertz CT molecular complexity index is 627. The first-order chi connectivity index (χ1) is 8.93. The van der Waals surface area contributed by atoms with Crippen molar-refractivity contribution in [2.24, 2.45) is 14.1 Å². The van der Waals surface area contributed by atoms with Crippen LogP contribution in [-0.4, -0.2) is 25.3 Å². The van der Waals surface area contributed by atoms with Crippen LogP contribution in [0.5, 0.6) is 0 Å². The number of aromatic nitrogens is 4. The van der Waals surface area contributed by atoms with Gasteiger partial charge >= 0.3 is 0 Å². The average Bonchev–Trinajstić information content (AvgIpc) is 2.82. The number of carbonyl (C=O) groups excluding carboxylic acids is 1. The number of ketones is 1. The van der Waals surface area contributed by atoms with E-state index in [9.17, 15) is 4.79 Å². The second kappa shape index (κ2) is 5.28. The maximum absolute atomic E-state index is 12.3. The zero-order valence-electron chi connectivity index (χ0n) is 11.6. The van der Waals surface area contributed by atoms with Gasteiger partial charge in [0.25, 0.3) is 0 Å². The van der Waals surface area contributed by atoms with E-state index in [1.165, 1.54) is 0 Å². The molecule has 2 aromatic rings. The Morgan fingerprint density at radius 2 is 2.00 bits per heavy atom. The van der Waals surface area contributed by atoms with Gasteiger partial charge in [-0.25, -0.2) is 0 Å². The van der Waals surface area contributed by atoms with E-state index in [1.807, 2.05) is 27.0 Å². The van der Waals surface area contributed by atoms with E-state index in [2.05, 4.69) is 26.1 Å². The van der Waals surface area contributed by atoms with Crippen molar-refractivity contribution in [2.45, 2.75) is 26.7 Å². The number of rotatable bonds is 4. The number of halogens is 1. The van der Waals surface area contributed by atoms with Gasteiger partial charge in [0.2, 0.25) is 0 Å². The Labute approximate surface area is 120 Å². The van der Waals surface area contributed by atoms with Gasteiger partial charge in [-0.05, 0) is 35.3 Å². The molecule has 6 heteroatoms. The molecule has 0 N–H and O–H groups in total. The van der Waals surface area contributed by atoms with Crippen molar-refractivity contribution in [3.8, 4) is 0 Å². The summed E-state index contributed by atoms with van der Waals surface area (Å²) in [5, 5.41) is 8.60. The van der Waals surface area contributed by atoms with Crippen LogP contribution in [0, 0.1) is 6.92 Å². The molecule has 0 spiro atoms. The van der Waals surface area contributed by atoms with Gasteiger partial charge in [-0.1, -0.05) is 6.92 Å². The zero-order valence-corrected chi connectivity index (χ0v) is 13.2. The smallest absolute Gasteiger partial charge is 0.186 e. The fourth-order valence-electron chi connectivity index (χ4n) is 2.13. The molecule has 0 aliphatic rings. The maximum Gasteiger partial charge on any atom is 0.186 e. The second-order valence-electron chi connectivity index (χ2n) is 4.58. The summed E-state index contributed by atoms with van der Waals surface area (Å²) in [5.41, 5.74) is 3.36. The van der Waals surface area contributed by atoms with Crippen LogP contribution in [0.3, 0.4) is 0 Å². The third-order valence-electron chi connectivity index (χ3n) is 3.12. The Morgan fingerprint density at radius 3 is 2.47 bits per heavy atom. The van der Waals surface area contributed by atoms with Crippen molar-refractivity contribution < 1.29 is 4.79 Å². The van der Waals surface area contributed by atoms with Gasteiger partial charge in [0.05, 0.1) is 28.0 Å². The van der Waals surface area contributed by atoms with Crippen LogP contribution in [0.15, 0.2) is 10.5 Å². The highest BCUT2D eigenvalue weighted by Gasteiger charge is 2.19. The molecule has 0 aliphatic heterocycles. The van der Waals surface area contributed by atoms with Crippen molar-refractivity contribution >= 4 is 21.7 Å². The Balaban J connectivity index is 2.29. The highest BCUT2D eigenvalue weighted by molar-refractivity contribution is 9.10. The van der Waals surface area contributed by atoms with E-state index in [0.717, 1.165) is 28.0 Å². The average molecular weight is 325 g/mol. The summed E-state index contributed by atoms with van der Waals surface area (Å²) in [6.45, 7) is 3.93. The van der Waals surface area contributed by atoms with Crippen molar-refractivity contribution in [3.05, 3.63) is 33.3 Å². The standard InChI is InChI=1S/C13H17BrN4O/c1-5-9-13(14)11(18(4)16-9)7-12(19)10-6-8(2)15-17(10)3/h6H,5,7H2,1-4H3. The van der Waals surface area contributed by atoms with Crippen molar-refractivity contribution in [1.82, 2.24) is 19.6 Å². The number of nitrogens with zero attached hydrogens (tertiary/aromatic N) is 4. The second-order valence-corrected chi connectivity index (χ2v) is 5.37. The summed E-state index contributed by atoms with van der Waals surface area (Å²) in [7, 11) is 3.65. The first kappa shape index (κ1) is 14.0. The number of carbonyl (C=O) groups is 1. The minimum Gasteiger partial charge on any atom is -0.292 e. The van der Waals surface area contributed by atoms with Gasteiger partial charge in [0, 0.05) is 14.1 Å². The van der Waals surface area contributed by atoms with E-state index in [-0.39, 0.29) is 5.78 Å². The lowest BCUT2D eigenvalue weighted by Crippen LogP contribution is -2.12. The molecule has 0 fully saturated rings. The predicted octanol–water partition coefficient (Wildman–Crippen LogP) is 2.21. The van der Waals surface area contributed by atoms with E-state index < -0.39 is 0 Å². The molecule has 5 nitrogen and oxygen atoms in total. The lowest BCUT2D eigenvalue weighted by molar-refractivity contribution is 0.0981. The highest BCUT2D eigenvalue weighted by atomic mass is 79.9. The molecule has 2 rings (SSSR count). The Morgan fingerprint density at radius 1 is 1.32 bits per heavy atom. The first-order valence-electron chi connectivity index (χ1n) is 6.18. The lowest BCUT2D eigenvalue weighted by Gasteiger charge is -2.03. The Kier molecular flexibility index (Phi) is 3.89. The summed E-state index contributed by atoms with van der Waals surface area (Å²) in [6, 6.07) is 1.81. The summed E-state index contributed by atoms with van der Waals surface area (Å²) < 4.78 is 4.33. The zero-order chi connectivity index (χ0) is 14.2. The van der Waals surface area contributed by atoms with Crippen molar-refractivity contribution in [2.75, 3.05) is 0 Å². The van der Waals surface area contributed by atoms with Crippen LogP contribution in [-0.2, 0) is 26.9 Å². The summed E-state index contributed by atoms with van der Waals surface area (Å²) in [6.07, 6.45) is 1.16. The number of aryl methyl sites for hydroxylation is 4. The molecule has 0 saturated heterocycles. The first-order valence-corrected chi connectivity index (χ1v) is 6.97. The lowest BCUT2D eigenvalue weighted by atomic mass is 10.1. The molecule has 0 aromatic carbocycles. The molecule has 0 saturated carbocycles. The van der Waals surface area contributed by atoms with Gasteiger partial charge < -0.3 is 0 Å². The number of Topliss-reactive ketones (excluding diaryl/α,β-unsaturated/α-hetero) is 1.